The molecule has 0 unspecified atom stereocenters. The van der Waals surface area contributed by atoms with Gasteiger partial charge in [-0.05, 0) is 23.7 Å². The van der Waals surface area contributed by atoms with Crippen LogP contribution in [0.25, 0.3) is 0 Å². The molecule has 9 heteroatoms. The van der Waals surface area contributed by atoms with Crippen LogP contribution in [0.5, 0.6) is 0 Å². The minimum atomic E-state index is -4.56. The van der Waals surface area contributed by atoms with E-state index in [0.29, 0.717) is 12.1 Å². The topological polar surface area (TPSA) is 48.2 Å². The summed E-state index contributed by atoms with van der Waals surface area (Å²) in [7, 11) is 0. The fraction of sp³-hybridized carbons (Fsp3) is 0.111. The first-order chi connectivity index (χ1) is 8.25. The molecule has 96 valence electrons. The molecule has 0 aromatic heterocycles. The van der Waals surface area contributed by atoms with Gasteiger partial charge in [-0.3, -0.25) is 5.43 Å². The highest BCUT2D eigenvalue weighted by Crippen LogP contribution is 2.38. The number of hydrogen-bond acceptors (Lipinski definition) is 3. The lowest BCUT2D eigenvalue weighted by Gasteiger charge is -2.11. The number of hydrazone groups is 1. The number of alkyl halides is 3. The molecular formula is C9H3Cl3F3N3. The number of nitrogens with one attached hydrogen (secondary N) is 1. The Balaban J connectivity index is 3.15. The van der Waals surface area contributed by atoms with E-state index in [0.717, 1.165) is 0 Å². The minimum Gasteiger partial charge on any atom is -0.273 e. The highest BCUT2D eigenvalue weighted by molar-refractivity contribution is 6.69. The van der Waals surface area contributed by atoms with Crippen molar-refractivity contribution in [2.75, 3.05) is 5.43 Å². The Hall–Kier alpha value is -1.16. The van der Waals surface area contributed by atoms with E-state index in [1.54, 1.807) is 0 Å². The van der Waals surface area contributed by atoms with Crippen molar-refractivity contribution in [2.24, 2.45) is 5.10 Å². The van der Waals surface area contributed by atoms with Crippen LogP contribution >= 0.6 is 34.8 Å². The van der Waals surface area contributed by atoms with Gasteiger partial charge >= 0.3 is 6.18 Å². The van der Waals surface area contributed by atoms with Gasteiger partial charge in [-0.2, -0.15) is 23.5 Å². The zero-order valence-electron chi connectivity index (χ0n) is 8.32. The Morgan fingerprint density at radius 1 is 1.28 bits per heavy atom. The van der Waals surface area contributed by atoms with E-state index in [4.69, 9.17) is 40.1 Å². The maximum atomic E-state index is 12.4. The molecule has 1 rings (SSSR count). The molecule has 0 amide bonds. The first kappa shape index (κ1) is 14.9. The lowest BCUT2D eigenvalue weighted by molar-refractivity contribution is -0.137. The number of rotatable bonds is 2. The quantitative estimate of drug-likeness (QED) is 0.645. The van der Waals surface area contributed by atoms with Gasteiger partial charge in [0.1, 0.15) is 6.07 Å². The lowest BCUT2D eigenvalue weighted by atomic mass is 10.2. The number of anilines is 1. The average Bonchev–Trinajstić information content (AvgIpc) is 2.26. The second kappa shape index (κ2) is 5.65. The predicted molar refractivity (Wildman–Crippen MR) is 64.0 cm³/mol. The van der Waals surface area contributed by atoms with Crippen LogP contribution in [0.15, 0.2) is 17.2 Å². The maximum Gasteiger partial charge on any atom is 0.416 e. The van der Waals surface area contributed by atoms with E-state index < -0.39 is 16.9 Å². The van der Waals surface area contributed by atoms with Crippen LogP contribution in [0, 0.1) is 11.3 Å². The molecule has 0 aliphatic rings. The highest BCUT2D eigenvalue weighted by atomic mass is 35.5. The van der Waals surface area contributed by atoms with Crippen LogP contribution in [-0.2, 0) is 6.18 Å². The largest absolute Gasteiger partial charge is 0.416 e. The van der Waals surface area contributed by atoms with Crippen molar-refractivity contribution in [3.63, 3.8) is 0 Å². The van der Waals surface area contributed by atoms with Gasteiger partial charge in [-0.1, -0.05) is 23.2 Å². The van der Waals surface area contributed by atoms with E-state index in [9.17, 15) is 13.2 Å². The molecule has 0 saturated heterocycles. The Morgan fingerprint density at radius 3 is 2.17 bits per heavy atom. The Labute approximate surface area is 115 Å². The average molecular weight is 316 g/mol. The Morgan fingerprint density at radius 2 is 1.78 bits per heavy atom. The van der Waals surface area contributed by atoms with Crippen molar-refractivity contribution >= 4 is 45.7 Å². The third-order valence-electron chi connectivity index (χ3n) is 1.73. The molecule has 18 heavy (non-hydrogen) atoms. The van der Waals surface area contributed by atoms with Crippen LogP contribution in [0.1, 0.15) is 5.56 Å². The summed E-state index contributed by atoms with van der Waals surface area (Å²) in [4.78, 5) is 0. The fourth-order valence-electron chi connectivity index (χ4n) is 0.974. The SMILES string of the molecule is N#C/C(Cl)=N\Nc1c(Cl)cc(C(F)(F)F)cc1Cl. The first-order valence-corrected chi connectivity index (χ1v) is 5.34. The summed E-state index contributed by atoms with van der Waals surface area (Å²) in [5, 5.41) is 10.7. The molecule has 0 fully saturated rings. The molecule has 1 N–H and O–H groups in total. The third kappa shape index (κ3) is 3.67. The van der Waals surface area contributed by atoms with E-state index in [-0.39, 0.29) is 15.7 Å². The molecule has 1 aromatic rings. The van der Waals surface area contributed by atoms with E-state index >= 15 is 0 Å². The van der Waals surface area contributed by atoms with Gasteiger partial charge in [-0.25, -0.2) is 0 Å². The van der Waals surface area contributed by atoms with Crippen molar-refractivity contribution in [2.45, 2.75) is 6.18 Å². The fourth-order valence-corrected chi connectivity index (χ4v) is 1.59. The molecule has 0 radical (unpaired) electrons. The van der Waals surface area contributed by atoms with Crippen LogP contribution in [0.4, 0.5) is 18.9 Å². The zero-order valence-corrected chi connectivity index (χ0v) is 10.6. The van der Waals surface area contributed by atoms with Gasteiger partial charge in [0.2, 0.25) is 5.17 Å². The molecule has 0 saturated carbocycles. The summed E-state index contributed by atoms with van der Waals surface area (Å²) in [6.45, 7) is 0. The van der Waals surface area contributed by atoms with Crippen molar-refractivity contribution in [3.8, 4) is 6.07 Å². The van der Waals surface area contributed by atoms with Gasteiger partial charge in [0.25, 0.3) is 0 Å². The molecule has 0 aliphatic heterocycles. The van der Waals surface area contributed by atoms with Gasteiger partial charge in [0, 0.05) is 0 Å². The van der Waals surface area contributed by atoms with Crippen LogP contribution in [0.2, 0.25) is 10.0 Å². The molecule has 0 heterocycles. The number of nitrogens with zero attached hydrogens (tertiary/aromatic N) is 2. The molecule has 0 aliphatic carbocycles. The standard InChI is InChI=1S/C9H3Cl3F3N3/c10-5-1-4(9(13,14)15)2-6(11)8(5)18-17-7(12)3-16/h1-2,18H/b17-7+. The normalized spacial score (nSPS) is 12.2. The second-order valence-electron chi connectivity index (χ2n) is 2.94. The molecule has 0 bridgehead atoms. The Kier molecular flexibility index (Phi) is 4.68. The van der Waals surface area contributed by atoms with E-state index in [2.05, 4.69) is 10.5 Å². The second-order valence-corrected chi connectivity index (χ2v) is 4.11. The smallest absolute Gasteiger partial charge is 0.273 e. The lowest BCUT2D eigenvalue weighted by Crippen LogP contribution is -2.05. The van der Waals surface area contributed by atoms with E-state index in [1.165, 1.54) is 6.07 Å². The minimum absolute atomic E-state index is 0.0697. The molecule has 3 nitrogen and oxygen atoms in total. The van der Waals surface area contributed by atoms with Crippen molar-refractivity contribution < 1.29 is 13.2 Å². The zero-order chi connectivity index (χ0) is 13.9. The molecule has 1 aromatic carbocycles. The summed E-state index contributed by atoms with van der Waals surface area (Å²) in [5.41, 5.74) is 1.16. The number of benzene rings is 1. The monoisotopic (exact) mass is 315 g/mol. The van der Waals surface area contributed by atoms with Gasteiger partial charge < -0.3 is 0 Å². The molecule has 0 spiro atoms. The van der Waals surface area contributed by atoms with Crippen LogP contribution in [0.3, 0.4) is 0 Å². The van der Waals surface area contributed by atoms with E-state index in [1.807, 2.05) is 0 Å². The summed E-state index contributed by atoms with van der Waals surface area (Å²) >= 11 is 16.5. The Bertz CT molecular complexity index is 511. The van der Waals surface area contributed by atoms with Gasteiger partial charge in [0.05, 0.1) is 21.3 Å². The maximum absolute atomic E-state index is 12.4. The van der Waals surface area contributed by atoms with Crippen molar-refractivity contribution in [1.29, 1.82) is 5.26 Å². The highest BCUT2D eigenvalue weighted by Gasteiger charge is 2.32. The number of halogens is 6. The van der Waals surface area contributed by atoms with Crippen molar-refractivity contribution in [1.82, 2.24) is 0 Å². The first-order valence-electron chi connectivity index (χ1n) is 4.21. The van der Waals surface area contributed by atoms with Crippen LogP contribution < -0.4 is 5.43 Å². The summed E-state index contributed by atoms with van der Waals surface area (Å²) in [6, 6.07) is 2.87. The summed E-state index contributed by atoms with van der Waals surface area (Å²) < 4.78 is 37.3. The summed E-state index contributed by atoms with van der Waals surface area (Å²) in [6.07, 6.45) is -4.56. The van der Waals surface area contributed by atoms with Gasteiger partial charge in [-0.15, -0.1) is 0 Å². The van der Waals surface area contributed by atoms with Gasteiger partial charge in [0.15, 0.2) is 0 Å². The third-order valence-corrected chi connectivity index (χ3v) is 2.49. The van der Waals surface area contributed by atoms with Crippen molar-refractivity contribution in [3.05, 3.63) is 27.7 Å². The number of nitriles is 1. The van der Waals surface area contributed by atoms with Crippen LogP contribution in [-0.4, -0.2) is 5.17 Å². The summed E-state index contributed by atoms with van der Waals surface area (Å²) in [5.74, 6) is 0. The predicted octanol–water partition coefficient (Wildman–Crippen LogP) is 4.50. The molecule has 0 atom stereocenters. The molecular weight excluding hydrogens is 313 g/mol. The number of hydrogen-bond donors (Lipinski definition) is 1.